The van der Waals surface area contributed by atoms with Crippen LogP contribution in [0.1, 0.15) is 47.5 Å². The smallest absolute Gasteiger partial charge is 0.308 e. The standard InChI is InChI=1S/C13H27N3O2.HI/c1-10(2)6-8-15-12(14)16-9-7-11(17)18-13(3,4)5;/h10H,6-9H2,1-5H3,(H3,14,15,16);1H. The summed E-state index contributed by atoms with van der Waals surface area (Å²) in [6.07, 6.45) is 1.30. The van der Waals surface area contributed by atoms with Crippen LogP contribution in [0.25, 0.3) is 0 Å². The highest BCUT2D eigenvalue weighted by Crippen LogP contribution is 2.07. The van der Waals surface area contributed by atoms with Gasteiger partial charge in [-0.05, 0) is 33.1 Å². The summed E-state index contributed by atoms with van der Waals surface area (Å²) in [5, 5.41) is 2.90. The van der Waals surface area contributed by atoms with Gasteiger partial charge in [-0.25, -0.2) is 0 Å². The van der Waals surface area contributed by atoms with Crippen molar-refractivity contribution < 1.29 is 9.53 Å². The fraction of sp³-hybridized carbons (Fsp3) is 0.846. The van der Waals surface area contributed by atoms with Crippen molar-refractivity contribution in [3.63, 3.8) is 0 Å². The summed E-state index contributed by atoms with van der Waals surface area (Å²) in [6, 6.07) is 0. The molecule has 0 aliphatic heterocycles. The minimum atomic E-state index is -0.437. The molecule has 0 spiro atoms. The number of rotatable bonds is 6. The third-order valence-electron chi connectivity index (χ3n) is 2.04. The van der Waals surface area contributed by atoms with E-state index in [1.165, 1.54) is 0 Å². The lowest BCUT2D eigenvalue weighted by atomic mass is 10.1. The van der Waals surface area contributed by atoms with Gasteiger partial charge in [-0.15, -0.1) is 24.0 Å². The molecule has 0 aliphatic carbocycles. The first-order valence-corrected chi connectivity index (χ1v) is 6.46. The Hall–Kier alpha value is -0.530. The molecule has 114 valence electrons. The van der Waals surface area contributed by atoms with Gasteiger partial charge in [-0.1, -0.05) is 13.8 Å². The van der Waals surface area contributed by atoms with Crippen LogP contribution in [0.5, 0.6) is 0 Å². The number of halogens is 1. The van der Waals surface area contributed by atoms with Crippen molar-refractivity contribution in [1.82, 2.24) is 5.32 Å². The lowest BCUT2D eigenvalue weighted by molar-refractivity contribution is -0.154. The molecule has 3 N–H and O–H groups in total. The Kier molecular flexibility index (Phi) is 11.2. The van der Waals surface area contributed by atoms with Gasteiger partial charge in [0.2, 0.25) is 0 Å². The number of nitrogens with zero attached hydrogens (tertiary/aromatic N) is 1. The van der Waals surface area contributed by atoms with Crippen LogP contribution in [-0.2, 0) is 9.53 Å². The zero-order chi connectivity index (χ0) is 14.2. The van der Waals surface area contributed by atoms with E-state index in [0.717, 1.165) is 6.42 Å². The number of carbonyl (C=O) groups excluding carboxylic acids is 1. The number of guanidine groups is 1. The predicted molar refractivity (Wildman–Crippen MR) is 89.8 cm³/mol. The van der Waals surface area contributed by atoms with Gasteiger partial charge in [0.1, 0.15) is 5.60 Å². The first-order valence-electron chi connectivity index (χ1n) is 6.46. The normalized spacial score (nSPS) is 12.0. The number of nitrogens with one attached hydrogen (secondary N) is 1. The molecule has 0 rings (SSSR count). The van der Waals surface area contributed by atoms with E-state index in [0.29, 0.717) is 25.0 Å². The minimum Gasteiger partial charge on any atom is -0.460 e. The average molecular weight is 385 g/mol. The van der Waals surface area contributed by atoms with Crippen molar-refractivity contribution >= 4 is 35.9 Å². The lowest BCUT2D eigenvalue weighted by Crippen LogP contribution is -2.34. The van der Waals surface area contributed by atoms with Crippen LogP contribution in [0.15, 0.2) is 4.99 Å². The van der Waals surface area contributed by atoms with Crippen molar-refractivity contribution in [1.29, 1.82) is 0 Å². The number of aliphatic imine (C=N–C) groups is 1. The maximum Gasteiger partial charge on any atom is 0.308 e. The third-order valence-corrected chi connectivity index (χ3v) is 2.04. The Labute approximate surface area is 133 Å². The number of nitrogens with two attached hydrogens (primary N) is 1. The fourth-order valence-corrected chi connectivity index (χ4v) is 1.18. The molecule has 5 nitrogen and oxygen atoms in total. The quantitative estimate of drug-likeness (QED) is 0.318. The first kappa shape index (κ1) is 20.8. The van der Waals surface area contributed by atoms with E-state index < -0.39 is 5.60 Å². The molecule has 0 amide bonds. The van der Waals surface area contributed by atoms with Gasteiger partial charge in [0.25, 0.3) is 0 Å². The van der Waals surface area contributed by atoms with Crippen LogP contribution in [0.4, 0.5) is 0 Å². The third kappa shape index (κ3) is 15.4. The lowest BCUT2D eigenvalue weighted by Gasteiger charge is -2.19. The number of hydrogen-bond donors (Lipinski definition) is 2. The molecular formula is C13H28IN3O2. The molecule has 0 saturated carbocycles. The molecule has 0 fully saturated rings. The highest BCUT2D eigenvalue weighted by molar-refractivity contribution is 14.0. The summed E-state index contributed by atoms with van der Waals surface area (Å²) in [5.74, 6) is 0.771. The highest BCUT2D eigenvalue weighted by Gasteiger charge is 2.15. The summed E-state index contributed by atoms with van der Waals surface area (Å²) in [4.78, 5) is 15.6. The Morgan fingerprint density at radius 3 is 2.42 bits per heavy atom. The molecule has 6 heteroatoms. The van der Waals surface area contributed by atoms with E-state index in [2.05, 4.69) is 24.2 Å². The second kappa shape index (κ2) is 10.3. The van der Waals surface area contributed by atoms with Gasteiger partial charge >= 0.3 is 5.97 Å². The topological polar surface area (TPSA) is 76.7 Å². The van der Waals surface area contributed by atoms with Crippen molar-refractivity contribution in [2.45, 2.75) is 53.1 Å². The number of carbonyl (C=O) groups is 1. The van der Waals surface area contributed by atoms with Crippen LogP contribution in [0.3, 0.4) is 0 Å². The van der Waals surface area contributed by atoms with E-state index in [9.17, 15) is 4.79 Å². The van der Waals surface area contributed by atoms with Gasteiger partial charge in [0.05, 0.1) is 6.42 Å². The van der Waals surface area contributed by atoms with E-state index in [4.69, 9.17) is 10.5 Å². The van der Waals surface area contributed by atoms with Crippen molar-refractivity contribution in [3.05, 3.63) is 0 Å². The van der Waals surface area contributed by atoms with Gasteiger partial charge in [0.15, 0.2) is 5.96 Å². The Morgan fingerprint density at radius 2 is 1.95 bits per heavy atom. The van der Waals surface area contributed by atoms with Gasteiger partial charge < -0.3 is 15.8 Å². The minimum absolute atomic E-state index is 0. The van der Waals surface area contributed by atoms with E-state index in [1.807, 2.05) is 20.8 Å². The molecule has 19 heavy (non-hydrogen) atoms. The fourth-order valence-electron chi connectivity index (χ4n) is 1.18. The van der Waals surface area contributed by atoms with Crippen molar-refractivity contribution in [2.75, 3.05) is 13.1 Å². The monoisotopic (exact) mass is 385 g/mol. The van der Waals surface area contributed by atoms with Crippen LogP contribution in [-0.4, -0.2) is 30.6 Å². The second-order valence-electron chi connectivity index (χ2n) is 5.71. The maximum absolute atomic E-state index is 11.4. The van der Waals surface area contributed by atoms with Gasteiger partial charge in [-0.2, -0.15) is 0 Å². The van der Waals surface area contributed by atoms with Gasteiger partial charge in [-0.3, -0.25) is 9.79 Å². The average Bonchev–Trinajstić information content (AvgIpc) is 2.13. The molecule has 0 bridgehead atoms. The molecule has 0 heterocycles. The largest absolute Gasteiger partial charge is 0.460 e. The Morgan fingerprint density at radius 1 is 1.37 bits per heavy atom. The number of ether oxygens (including phenoxy) is 1. The van der Waals surface area contributed by atoms with Crippen LogP contribution >= 0.6 is 24.0 Å². The molecule has 0 atom stereocenters. The first-order chi connectivity index (χ1) is 8.20. The van der Waals surface area contributed by atoms with Crippen LogP contribution < -0.4 is 11.1 Å². The predicted octanol–water partition coefficient (Wildman–Crippen LogP) is 2.29. The molecule has 0 unspecified atom stereocenters. The molecule has 0 aromatic heterocycles. The molecule has 0 saturated heterocycles. The Balaban J connectivity index is 0. The zero-order valence-electron chi connectivity index (χ0n) is 12.7. The maximum atomic E-state index is 11.4. The molecule has 0 aromatic rings. The summed E-state index contributed by atoms with van der Waals surface area (Å²) >= 11 is 0. The Bertz CT molecular complexity index is 286. The molecular weight excluding hydrogens is 357 g/mol. The summed E-state index contributed by atoms with van der Waals surface area (Å²) in [7, 11) is 0. The van der Waals surface area contributed by atoms with E-state index in [-0.39, 0.29) is 36.4 Å². The summed E-state index contributed by atoms with van der Waals surface area (Å²) in [6.45, 7) is 11.0. The summed E-state index contributed by atoms with van der Waals surface area (Å²) < 4.78 is 5.17. The SMILES string of the molecule is CC(C)CCN=C(N)NCCC(=O)OC(C)(C)C.I. The van der Waals surface area contributed by atoms with Crippen LogP contribution in [0, 0.1) is 5.92 Å². The number of esters is 1. The molecule has 0 radical (unpaired) electrons. The zero-order valence-corrected chi connectivity index (χ0v) is 15.0. The van der Waals surface area contributed by atoms with E-state index in [1.54, 1.807) is 0 Å². The number of hydrogen-bond acceptors (Lipinski definition) is 3. The van der Waals surface area contributed by atoms with E-state index >= 15 is 0 Å². The van der Waals surface area contributed by atoms with Crippen molar-refractivity contribution in [2.24, 2.45) is 16.6 Å². The van der Waals surface area contributed by atoms with Crippen LogP contribution in [0.2, 0.25) is 0 Å². The highest BCUT2D eigenvalue weighted by atomic mass is 127. The second-order valence-corrected chi connectivity index (χ2v) is 5.71. The summed E-state index contributed by atoms with van der Waals surface area (Å²) in [5.41, 5.74) is 5.22. The molecule has 0 aliphatic rings. The van der Waals surface area contributed by atoms with Gasteiger partial charge in [0, 0.05) is 13.1 Å². The van der Waals surface area contributed by atoms with Crippen molar-refractivity contribution in [3.8, 4) is 0 Å². The molecule has 0 aromatic carbocycles.